The molecule has 0 radical (unpaired) electrons. The molecule has 1 aromatic carbocycles. The van der Waals surface area contributed by atoms with E-state index in [0.29, 0.717) is 28.4 Å². The van der Waals surface area contributed by atoms with Crippen molar-refractivity contribution >= 4 is 29.2 Å². The lowest BCUT2D eigenvalue weighted by molar-refractivity contribution is 0.0635. The highest BCUT2D eigenvalue weighted by Gasteiger charge is 2.40. The van der Waals surface area contributed by atoms with E-state index in [1.807, 2.05) is 16.7 Å². The van der Waals surface area contributed by atoms with Crippen molar-refractivity contribution in [3.63, 3.8) is 0 Å². The summed E-state index contributed by atoms with van der Waals surface area (Å²) in [7, 11) is 0. The predicted octanol–water partition coefficient (Wildman–Crippen LogP) is 6.10. The molecule has 44 heavy (non-hydrogen) atoms. The maximum absolute atomic E-state index is 15.1. The average molecular weight is 617 g/mol. The number of fused-ring (bicyclic) bond motifs is 1. The van der Waals surface area contributed by atoms with Crippen LogP contribution >= 0.6 is 11.6 Å². The summed E-state index contributed by atoms with van der Waals surface area (Å²) >= 11 is 6.36. The molecule has 2 aliphatic rings. The van der Waals surface area contributed by atoms with Gasteiger partial charge in [0.05, 0.1) is 23.0 Å². The van der Waals surface area contributed by atoms with Crippen molar-refractivity contribution in [2.45, 2.75) is 58.6 Å². The highest BCUT2D eigenvalue weighted by atomic mass is 35.5. The molecular formula is C31H30ClFN8O3. The minimum absolute atomic E-state index is 0.0322. The van der Waals surface area contributed by atoms with Crippen LogP contribution in [0.3, 0.4) is 0 Å². The quantitative estimate of drug-likeness (QED) is 0.268. The fourth-order valence-electron chi connectivity index (χ4n) is 5.82. The zero-order valence-electron chi connectivity index (χ0n) is 24.7. The van der Waals surface area contributed by atoms with Gasteiger partial charge in [-0.05, 0) is 84.7 Å². The fourth-order valence-corrected chi connectivity index (χ4v) is 5.99. The van der Waals surface area contributed by atoms with E-state index < -0.39 is 17.6 Å². The molecule has 0 saturated carbocycles. The van der Waals surface area contributed by atoms with Crippen LogP contribution in [-0.2, 0) is 4.74 Å². The van der Waals surface area contributed by atoms with Crippen LogP contribution in [0.4, 0.5) is 15.0 Å². The highest BCUT2D eigenvalue weighted by molar-refractivity contribution is 6.31. The number of halogens is 2. The standard InChI is InChI=1S/C31H30ClFN8O3/c1-16-17(2)28(19-10-23(34-14-19)21-7-9-26(36-29(21)33)37-30(43)44-31(3,4)5)41-25(16)11-18(12-27(41)42)22-13-20(32)6-8-24(22)40-15-35-38-39-40/h6-9,11-17,28H,10H2,1-5H3,(H,36,37,43)/t16-,17+,28+/m1/s1. The number of benzene rings is 1. The summed E-state index contributed by atoms with van der Waals surface area (Å²) in [5.41, 5.74) is 3.77. The van der Waals surface area contributed by atoms with Crippen molar-refractivity contribution in [3.05, 3.63) is 93.1 Å². The monoisotopic (exact) mass is 616 g/mol. The van der Waals surface area contributed by atoms with E-state index in [-0.39, 0.29) is 34.8 Å². The Morgan fingerprint density at radius 3 is 2.61 bits per heavy atom. The number of hydrogen-bond acceptors (Lipinski definition) is 8. The number of tetrazole rings is 1. The number of carbonyl (C=O) groups is 1. The summed E-state index contributed by atoms with van der Waals surface area (Å²) in [6.07, 6.45) is 2.83. The number of allylic oxidation sites excluding steroid dienone is 1. The molecule has 226 valence electrons. The molecule has 0 aliphatic carbocycles. The van der Waals surface area contributed by atoms with Crippen molar-refractivity contribution < 1.29 is 13.9 Å². The normalized spacial score (nSPS) is 19.4. The van der Waals surface area contributed by atoms with Gasteiger partial charge in [0, 0.05) is 40.9 Å². The van der Waals surface area contributed by atoms with E-state index in [4.69, 9.17) is 16.3 Å². The Kier molecular flexibility index (Phi) is 7.40. The van der Waals surface area contributed by atoms with Crippen molar-refractivity contribution in [2.75, 3.05) is 5.32 Å². The molecule has 0 spiro atoms. The van der Waals surface area contributed by atoms with Crippen LogP contribution in [0.1, 0.15) is 64.3 Å². The average Bonchev–Trinajstić information content (AvgIpc) is 3.69. The van der Waals surface area contributed by atoms with E-state index in [0.717, 1.165) is 16.8 Å². The molecule has 4 aromatic rings. The number of pyridine rings is 2. The summed E-state index contributed by atoms with van der Waals surface area (Å²) in [5, 5.41) is 14.4. The smallest absolute Gasteiger partial charge is 0.413 e. The molecule has 0 bridgehead atoms. The zero-order valence-corrected chi connectivity index (χ0v) is 25.5. The molecule has 3 atom stereocenters. The van der Waals surface area contributed by atoms with Gasteiger partial charge < -0.3 is 9.30 Å². The predicted molar refractivity (Wildman–Crippen MR) is 164 cm³/mol. The van der Waals surface area contributed by atoms with Crippen LogP contribution < -0.4 is 10.9 Å². The van der Waals surface area contributed by atoms with Gasteiger partial charge in [-0.15, -0.1) is 5.10 Å². The Morgan fingerprint density at radius 1 is 1.11 bits per heavy atom. The molecule has 6 rings (SSSR count). The lowest BCUT2D eigenvalue weighted by atomic mass is 9.86. The van der Waals surface area contributed by atoms with Crippen LogP contribution in [0.15, 0.2) is 70.4 Å². The van der Waals surface area contributed by atoms with E-state index in [1.165, 1.54) is 23.1 Å². The summed E-state index contributed by atoms with van der Waals surface area (Å²) in [6, 6.07) is 11.7. The minimum atomic E-state index is -0.762. The van der Waals surface area contributed by atoms with E-state index in [9.17, 15) is 9.59 Å². The van der Waals surface area contributed by atoms with E-state index >= 15 is 4.39 Å². The molecule has 11 nitrogen and oxygen atoms in total. The summed E-state index contributed by atoms with van der Waals surface area (Å²) in [6.45, 7) is 9.40. The van der Waals surface area contributed by atoms with Crippen molar-refractivity contribution in [1.29, 1.82) is 0 Å². The number of hydrogen-bond donors (Lipinski definition) is 1. The van der Waals surface area contributed by atoms with E-state index in [2.05, 4.69) is 44.7 Å². The molecule has 5 heterocycles. The van der Waals surface area contributed by atoms with Crippen molar-refractivity contribution in [1.82, 2.24) is 29.8 Å². The Hall–Kier alpha value is -4.71. The van der Waals surface area contributed by atoms with Crippen LogP contribution in [0.5, 0.6) is 0 Å². The lowest BCUT2D eigenvalue weighted by Crippen LogP contribution is -2.27. The van der Waals surface area contributed by atoms with Gasteiger partial charge in [0.15, 0.2) is 0 Å². The van der Waals surface area contributed by atoms with Crippen LogP contribution in [0, 0.1) is 11.9 Å². The SMILES string of the molecule is C[C@@H]1[C@@H](C2=CN=C(c3ccc(NC(=O)OC(C)(C)C)nc3F)C2)n2c(cc(-c3cc(Cl)ccc3-n3cnnn3)cc2=O)[C@@H]1C. The van der Waals surface area contributed by atoms with Gasteiger partial charge in [-0.25, -0.2) is 9.78 Å². The first-order valence-corrected chi connectivity index (χ1v) is 14.5. The Morgan fingerprint density at radius 2 is 1.91 bits per heavy atom. The maximum atomic E-state index is 15.1. The molecule has 2 aliphatic heterocycles. The molecule has 1 N–H and O–H groups in total. The number of nitrogens with one attached hydrogen (secondary N) is 1. The van der Waals surface area contributed by atoms with Gasteiger partial charge in [0.25, 0.3) is 5.56 Å². The lowest BCUT2D eigenvalue weighted by Gasteiger charge is -2.21. The Balaban J connectivity index is 1.26. The van der Waals surface area contributed by atoms with Gasteiger partial charge in [0.1, 0.15) is 17.7 Å². The van der Waals surface area contributed by atoms with Crippen molar-refractivity contribution in [3.8, 4) is 16.8 Å². The summed E-state index contributed by atoms with van der Waals surface area (Å²) in [5.74, 6) is -0.614. The largest absolute Gasteiger partial charge is 0.444 e. The van der Waals surface area contributed by atoms with Gasteiger partial charge in [-0.3, -0.25) is 15.1 Å². The summed E-state index contributed by atoms with van der Waals surface area (Å²) < 4.78 is 23.7. The van der Waals surface area contributed by atoms with Gasteiger partial charge in [-0.2, -0.15) is 9.07 Å². The third-order valence-electron chi connectivity index (χ3n) is 7.92. The number of carbonyl (C=O) groups excluding carboxylic acids is 1. The number of aromatic nitrogens is 6. The third kappa shape index (κ3) is 5.52. The fraction of sp³-hybridized carbons (Fsp3) is 0.323. The molecule has 1 amide bonds. The van der Waals surface area contributed by atoms with Crippen LogP contribution in [-0.4, -0.2) is 47.2 Å². The second kappa shape index (κ2) is 11.1. The van der Waals surface area contributed by atoms with E-state index in [1.54, 1.807) is 45.2 Å². The number of nitrogens with zero attached hydrogens (tertiary/aromatic N) is 7. The third-order valence-corrected chi connectivity index (χ3v) is 8.16. The molecule has 0 saturated heterocycles. The summed E-state index contributed by atoms with van der Waals surface area (Å²) in [4.78, 5) is 34.3. The molecule has 0 unspecified atom stereocenters. The van der Waals surface area contributed by atoms with Crippen molar-refractivity contribution in [2.24, 2.45) is 10.9 Å². The molecule has 0 fully saturated rings. The number of aliphatic imine (C=N–C) groups is 1. The Labute approximate surface area is 257 Å². The Bertz CT molecular complexity index is 1890. The zero-order chi connectivity index (χ0) is 31.3. The number of amides is 1. The number of rotatable bonds is 5. The van der Waals surface area contributed by atoms with Crippen LogP contribution in [0.2, 0.25) is 5.02 Å². The molecule has 13 heteroatoms. The molecule has 3 aromatic heterocycles. The maximum Gasteiger partial charge on any atom is 0.413 e. The molecular weight excluding hydrogens is 587 g/mol. The first-order valence-electron chi connectivity index (χ1n) is 14.1. The number of anilines is 1. The van der Waals surface area contributed by atoms with Gasteiger partial charge in [-0.1, -0.05) is 25.4 Å². The van der Waals surface area contributed by atoms with Crippen LogP contribution in [0.25, 0.3) is 16.8 Å². The van der Waals surface area contributed by atoms with Gasteiger partial charge in [0.2, 0.25) is 5.95 Å². The second-order valence-corrected chi connectivity index (χ2v) is 12.4. The highest BCUT2D eigenvalue weighted by Crippen LogP contribution is 2.46. The second-order valence-electron chi connectivity index (χ2n) is 12.0. The van der Waals surface area contributed by atoms with Gasteiger partial charge >= 0.3 is 6.09 Å². The minimum Gasteiger partial charge on any atom is -0.444 e. The first-order chi connectivity index (χ1) is 20.9. The number of ether oxygens (including phenoxy) is 1. The topological polar surface area (TPSA) is 129 Å². The first kappa shape index (κ1) is 29.4.